The second-order valence-corrected chi connectivity index (χ2v) is 5.87. The molecule has 1 aromatic rings. The van der Waals surface area contributed by atoms with Crippen molar-refractivity contribution in [2.24, 2.45) is 11.8 Å². The van der Waals surface area contributed by atoms with Crippen LogP contribution in [0.15, 0.2) is 12.3 Å². The van der Waals surface area contributed by atoms with Crippen molar-refractivity contribution in [1.29, 1.82) is 0 Å². The highest BCUT2D eigenvalue weighted by Gasteiger charge is 2.36. The topological polar surface area (TPSA) is 63.2 Å². The summed E-state index contributed by atoms with van der Waals surface area (Å²) >= 11 is 5.63. The lowest BCUT2D eigenvalue weighted by atomic mass is 10.0. The number of amides is 1. The van der Waals surface area contributed by atoms with Gasteiger partial charge in [-0.1, -0.05) is 11.6 Å². The van der Waals surface area contributed by atoms with E-state index in [1.165, 1.54) is 6.20 Å². The molecule has 2 N–H and O–H groups in total. The number of nitrogens with one attached hydrogen (secondary N) is 2. The molecule has 2 rings (SSSR count). The number of aromatic nitrogens is 1. The molecule has 1 saturated carbocycles. The van der Waals surface area contributed by atoms with Crippen LogP contribution in [0.5, 0.6) is 0 Å². The molecule has 1 aliphatic rings. The van der Waals surface area contributed by atoms with Crippen LogP contribution in [0.4, 0.5) is 10.2 Å². The third-order valence-corrected chi connectivity index (χ3v) is 3.41. The quantitative estimate of drug-likeness (QED) is 0.759. The lowest BCUT2D eigenvalue weighted by Crippen LogP contribution is -2.35. The van der Waals surface area contributed by atoms with Gasteiger partial charge in [0.15, 0.2) is 11.6 Å². The summed E-state index contributed by atoms with van der Waals surface area (Å²) in [5.74, 6) is -0.952. The Kier molecular flexibility index (Phi) is 5.50. The van der Waals surface area contributed by atoms with Gasteiger partial charge >= 0.3 is 0 Å². The van der Waals surface area contributed by atoms with E-state index >= 15 is 0 Å². The number of hydrogen-bond acceptors (Lipinski definition) is 4. The average molecular weight is 316 g/mol. The lowest BCUT2D eigenvalue weighted by Gasteiger charge is -2.17. The van der Waals surface area contributed by atoms with Crippen molar-refractivity contribution in [3.05, 3.63) is 23.1 Å². The van der Waals surface area contributed by atoms with Gasteiger partial charge in [-0.15, -0.1) is 0 Å². The Bertz CT molecular complexity index is 509. The van der Waals surface area contributed by atoms with E-state index in [4.69, 9.17) is 16.4 Å². The van der Waals surface area contributed by atoms with Crippen LogP contribution in [0.25, 0.3) is 0 Å². The van der Waals surface area contributed by atoms with Crippen LogP contribution in [0, 0.1) is 17.7 Å². The van der Waals surface area contributed by atoms with Gasteiger partial charge in [-0.25, -0.2) is 14.9 Å². The van der Waals surface area contributed by atoms with Gasteiger partial charge in [0.2, 0.25) is 5.91 Å². The SMILES string of the molecule is CC(C)ONCC(C(=O)Nc1ncc(Cl)cc1F)C1CC1. The molecule has 0 saturated heterocycles. The van der Waals surface area contributed by atoms with Gasteiger partial charge in [-0.2, -0.15) is 0 Å². The Labute approximate surface area is 128 Å². The van der Waals surface area contributed by atoms with Crippen LogP contribution in [0.2, 0.25) is 5.02 Å². The van der Waals surface area contributed by atoms with Crippen molar-refractivity contribution >= 4 is 23.3 Å². The molecular formula is C14H19ClFN3O2. The Morgan fingerprint density at radius 1 is 1.57 bits per heavy atom. The first-order chi connectivity index (χ1) is 9.97. The van der Waals surface area contributed by atoms with Crippen LogP contribution in [0.3, 0.4) is 0 Å². The maximum absolute atomic E-state index is 13.6. The van der Waals surface area contributed by atoms with Crippen molar-refractivity contribution in [1.82, 2.24) is 10.5 Å². The Morgan fingerprint density at radius 2 is 2.29 bits per heavy atom. The molecule has 0 bridgehead atoms. The van der Waals surface area contributed by atoms with Crippen molar-refractivity contribution in [2.45, 2.75) is 32.8 Å². The molecule has 7 heteroatoms. The molecule has 1 atom stereocenters. The molecule has 1 heterocycles. The fourth-order valence-electron chi connectivity index (χ4n) is 1.99. The summed E-state index contributed by atoms with van der Waals surface area (Å²) in [7, 11) is 0. The molecule has 0 radical (unpaired) electrons. The Hall–Kier alpha value is -1.24. The normalized spacial score (nSPS) is 16.0. The summed E-state index contributed by atoms with van der Waals surface area (Å²) in [5, 5.41) is 2.71. The van der Waals surface area contributed by atoms with Crippen LogP contribution in [-0.2, 0) is 9.63 Å². The van der Waals surface area contributed by atoms with Crippen molar-refractivity contribution in [3.63, 3.8) is 0 Å². The zero-order chi connectivity index (χ0) is 15.4. The summed E-state index contributed by atoms with van der Waals surface area (Å²) in [6.45, 7) is 4.18. The number of carbonyl (C=O) groups excluding carboxylic acids is 1. The summed E-state index contributed by atoms with van der Waals surface area (Å²) in [5.41, 5.74) is 2.80. The first-order valence-corrected chi connectivity index (χ1v) is 7.35. The number of hydroxylamine groups is 1. The van der Waals surface area contributed by atoms with E-state index in [1.807, 2.05) is 13.8 Å². The van der Waals surface area contributed by atoms with Crippen molar-refractivity contribution in [3.8, 4) is 0 Å². The molecule has 0 aliphatic heterocycles. The molecule has 0 aromatic carbocycles. The highest BCUT2D eigenvalue weighted by molar-refractivity contribution is 6.30. The van der Waals surface area contributed by atoms with Gasteiger partial charge in [-0.3, -0.25) is 9.63 Å². The molecule has 0 spiro atoms. The monoisotopic (exact) mass is 315 g/mol. The number of hydrogen-bond donors (Lipinski definition) is 2. The summed E-state index contributed by atoms with van der Waals surface area (Å²) < 4.78 is 13.6. The maximum atomic E-state index is 13.6. The van der Waals surface area contributed by atoms with Gasteiger partial charge in [0, 0.05) is 12.7 Å². The minimum absolute atomic E-state index is 0.0308. The van der Waals surface area contributed by atoms with Gasteiger partial charge in [0.1, 0.15) is 0 Å². The highest BCUT2D eigenvalue weighted by atomic mass is 35.5. The first-order valence-electron chi connectivity index (χ1n) is 6.97. The van der Waals surface area contributed by atoms with Crippen molar-refractivity contribution in [2.75, 3.05) is 11.9 Å². The van der Waals surface area contributed by atoms with Gasteiger partial charge in [0.25, 0.3) is 0 Å². The Morgan fingerprint density at radius 3 is 2.86 bits per heavy atom. The fraction of sp³-hybridized carbons (Fsp3) is 0.571. The average Bonchev–Trinajstić information content (AvgIpc) is 3.22. The molecule has 1 unspecified atom stereocenters. The minimum Gasteiger partial charge on any atom is -0.308 e. The third kappa shape index (κ3) is 4.91. The number of rotatable bonds is 7. The molecule has 1 aromatic heterocycles. The molecule has 116 valence electrons. The summed E-state index contributed by atoms with van der Waals surface area (Å²) in [6.07, 6.45) is 3.32. The van der Waals surface area contributed by atoms with E-state index < -0.39 is 5.82 Å². The molecule has 1 aliphatic carbocycles. The van der Waals surface area contributed by atoms with Gasteiger partial charge < -0.3 is 5.32 Å². The van der Waals surface area contributed by atoms with E-state index in [1.54, 1.807) is 0 Å². The van der Waals surface area contributed by atoms with Gasteiger partial charge in [0.05, 0.1) is 17.0 Å². The summed E-state index contributed by atoms with van der Waals surface area (Å²) in [6, 6.07) is 1.12. The van der Waals surface area contributed by atoms with Crippen molar-refractivity contribution < 1.29 is 14.0 Å². The van der Waals surface area contributed by atoms with Crippen LogP contribution >= 0.6 is 11.6 Å². The maximum Gasteiger partial charge on any atom is 0.230 e. The minimum atomic E-state index is -0.642. The van der Waals surface area contributed by atoms with E-state index in [-0.39, 0.29) is 28.8 Å². The van der Waals surface area contributed by atoms with E-state index in [0.29, 0.717) is 12.5 Å². The van der Waals surface area contributed by atoms with Crippen LogP contribution in [0.1, 0.15) is 26.7 Å². The predicted octanol–water partition coefficient (Wildman–Crippen LogP) is 2.77. The molecule has 21 heavy (non-hydrogen) atoms. The molecule has 5 nitrogen and oxygen atoms in total. The zero-order valence-corrected chi connectivity index (χ0v) is 12.8. The van der Waals surface area contributed by atoms with Crippen LogP contribution in [-0.4, -0.2) is 23.5 Å². The molecule has 1 amide bonds. The number of anilines is 1. The van der Waals surface area contributed by atoms with E-state index in [0.717, 1.165) is 18.9 Å². The second-order valence-electron chi connectivity index (χ2n) is 5.43. The van der Waals surface area contributed by atoms with E-state index in [9.17, 15) is 9.18 Å². The Balaban J connectivity index is 1.95. The first kappa shape index (κ1) is 16.1. The molecular weight excluding hydrogens is 297 g/mol. The standard InChI is InChI=1S/C14H19ClFN3O2/c1-8(2)21-18-7-11(9-3-4-9)14(20)19-13-12(16)5-10(15)6-17-13/h5-6,8-9,11,18H,3-4,7H2,1-2H3,(H,17,19,20). The summed E-state index contributed by atoms with van der Waals surface area (Å²) in [4.78, 5) is 21.3. The number of halogens is 2. The number of carbonyl (C=O) groups is 1. The second kappa shape index (κ2) is 7.15. The largest absolute Gasteiger partial charge is 0.308 e. The highest BCUT2D eigenvalue weighted by Crippen LogP contribution is 2.37. The number of pyridine rings is 1. The van der Waals surface area contributed by atoms with Crippen LogP contribution < -0.4 is 10.8 Å². The van der Waals surface area contributed by atoms with Gasteiger partial charge in [-0.05, 0) is 38.7 Å². The predicted molar refractivity (Wildman–Crippen MR) is 78.3 cm³/mol. The smallest absolute Gasteiger partial charge is 0.230 e. The third-order valence-electron chi connectivity index (χ3n) is 3.20. The number of nitrogens with zero attached hydrogens (tertiary/aromatic N) is 1. The zero-order valence-electron chi connectivity index (χ0n) is 12.0. The molecule has 1 fully saturated rings. The lowest BCUT2D eigenvalue weighted by molar-refractivity contribution is -0.122. The fourth-order valence-corrected chi connectivity index (χ4v) is 2.14. The van der Waals surface area contributed by atoms with E-state index in [2.05, 4.69) is 15.8 Å².